The molecule has 3 aromatic rings. The molecule has 1 fully saturated rings. The Hall–Kier alpha value is -3.35. The monoisotopic (exact) mass is 420 g/mol. The van der Waals surface area contributed by atoms with Crippen LogP contribution in [0.4, 0.5) is 0 Å². The van der Waals surface area contributed by atoms with Gasteiger partial charge in [-0.15, -0.1) is 0 Å². The van der Waals surface area contributed by atoms with Gasteiger partial charge in [0.1, 0.15) is 0 Å². The summed E-state index contributed by atoms with van der Waals surface area (Å²) >= 11 is 0. The molecule has 162 valence electrons. The van der Waals surface area contributed by atoms with Crippen molar-refractivity contribution < 1.29 is 14.3 Å². The van der Waals surface area contributed by atoms with Gasteiger partial charge in [0.2, 0.25) is 5.91 Å². The van der Waals surface area contributed by atoms with Crippen LogP contribution >= 0.6 is 0 Å². The Kier molecular flexibility index (Phi) is 5.93. The van der Waals surface area contributed by atoms with Gasteiger partial charge in [0.05, 0.1) is 32.4 Å². The molecule has 3 heterocycles. The average Bonchev–Trinajstić information content (AvgIpc) is 3.40. The van der Waals surface area contributed by atoms with Gasteiger partial charge >= 0.3 is 0 Å². The van der Waals surface area contributed by atoms with Crippen LogP contribution in [-0.2, 0) is 18.3 Å². The number of methoxy groups -OCH3 is 2. The molecule has 7 heteroatoms. The van der Waals surface area contributed by atoms with E-state index in [0.717, 1.165) is 47.3 Å². The molecule has 0 bridgehead atoms. The topological polar surface area (TPSA) is 69.5 Å². The molecular formula is C24H28N4O3. The van der Waals surface area contributed by atoms with Crippen molar-refractivity contribution in [2.24, 2.45) is 7.05 Å². The summed E-state index contributed by atoms with van der Waals surface area (Å²) in [6, 6.07) is 7.61. The number of carbonyl (C=O) groups excluding carboxylic acids is 1. The number of amides is 1. The van der Waals surface area contributed by atoms with E-state index in [4.69, 9.17) is 14.6 Å². The van der Waals surface area contributed by atoms with Crippen molar-refractivity contribution in [3.8, 4) is 22.6 Å². The summed E-state index contributed by atoms with van der Waals surface area (Å²) in [5.74, 6) is 1.38. The van der Waals surface area contributed by atoms with Crippen LogP contribution in [0.1, 0.15) is 35.7 Å². The zero-order valence-electron chi connectivity index (χ0n) is 18.5. The SMILES string of the molecule is COc1ccc(CC(=O)N2CCC[C@@H]2c2nn(C)cc2-c2ccncc2C)cc1OC. The van der Waals surface area contributed by atoms with E-state index in [1.807, 2.05) is 60.2 Å². The van der Waals surface area contributed by atoms with Crippen molar-refractivity contribution >= 4 is 5.91 Å². The van der Waals surface area contributed by atoms with Gasteiger partial charge in [-0.3, -0.25) is 14.5 Å². The summed E-state index contributed by atoms with van der Waals surface area (Å²) in [7, 11) is 5.13. The molecule has 0 spiro atoms. The molecule has 31 heavy (non-hydrogen) atoms. The third-order valence-corrected chi connectivity index (χ3v) is 5.86. The quantitative estimate of drug-likeness (QED) is 0.608. The molecule has 0 saturated carbocycles. The molecule has 0 aliphatic carbocycles. The van der Waals surface area contributed by atoms with Crippen molar-refractivity contribution in [2.45, 2.75) is 32.2 Å². The maximum Gasteiger partial charge on any atom is 0.227 e. The minimum atomic E-state index is -0.0311. The zero-order valence-corrected chi connectivity index (χ0v) is 18.5. The number of hydrogen-bond acceptors (Lipinski definition) is 5. The molecule has 4 rings (SSSR count). The van der Waals surface area contributed by atoms with E-state index >= 15 is 0 Å². The predicted octanol–water partition coefficient (Wildman–Crippen LogP) is 3.71. The third kappa shape index (κ3) is 4.13. The summed E-state index contributed by atoms with van der Waals surface area (Å²) in [6.07, 6.45) is 7.88. The summed E-state index contributed by atoms with van der Waals surface area (Å²) in [5, 5.41) is 4.77. The normalized spacial score (nSPS) is 15.9. The first-order chi connectivity index (χ1) is 15.0. The number of hydrogen-bond donors (Lipinski definition) is 0. The molecule has 0 radical (unpaired) electrons. The number of carbonyl (C=O) groups is 1. The van der Waals surface area contributed by atoms with E-state index in [9.17, 15) is 4.79 Å². The van der Waals surface area contributed by atoms with Gasteiger partial charge in [-0.2, -0.15) is 5.10 Å². The van der Waals surface area contributed by atoms with Crippen molar-refractivity contribution in [1.82, 2.24) is 19.7 Å². The van der Waals surface area contributed by atoms with Gasteiger partial charge in [-0.05, 0) is 54.7 Å². The Morgan fingerprint density at radius 2 is 1.97 bits per heavy atom. The van der Waals surface area contributed by atoms with Crippen LogP contribution in [0.25, 0.3) is 11.1 Å². The molecule has 0 N–H and O–H groups in total. The number of aromatic nitrogens is 3. The van der Waals surface area contributed by atoms with Crippen LogP contribution in [0.5, 0.6) is 11.5 Å². The highest BCUT2D eigenvalue weighted by Crippen LogP contribution is 2.38. The summed E-state index contributed by atoms with van der Waals surface area (Å²) in [4.78, 5) is 19.5. The summed E-state index contributed by atoms with van der Waals surface area (Å²) < 4.78 is 12.5. The lowest BCUT2D eigenvalue weighted by molar-refractivity contribution is -0.131. The highest BCUT2D eigenvalue weighted by molar-refractivity contribution is 5.80. The number of pyridine rings is 1. The molecule has 0 unspecified atom stereocenters. The minimum absolute atomic E-state index is 0.0311. The Labute approximate surface area is 182 Å². The van der Waals surface area contributed by atoms with Crippen molar-refractivity contribution in [2.75, 3.05) is 20.8 Å². The van der Waals surface area contributed by atoms with Crippen LogP contribution in [0.3, 0.4) is 0 Å². The van der Waals surface area contributed by atoms with Gasteiger partial charge in [0.15, 0.2) is 11.5 Å². The standard InChI is InChI=1S/C24H28N4O3/c1-16-14-25-10-9-18(16)19-15-27(2)26-24(19)20-6-5-11-28(20)23(29)13-17-7-8-21(30-3)22(12-17)31-4/h7-10,12,14-15,20H,5-6,11,13H2,1-4H3/t20-/m1/s1. The van der Waals surface area contributed by atoms with Gasteiger partial charge in [-0.1, -0.05) is 6.07 Å². The number of nitrogens with zero attached hydrogens (tertiary/aromatic N) is 4. The molecule has 1 aliphatic rings. The maximum absolute atomic E-state index is 13.3. The lowest BCUT2D eigenvalue weighted by Gasteiger charge is -2.25. The van der Waals surface area contributed by atoms with Crippen LogP contribution in [0, 0.1) is 6.92 Å². The maximum atomic E-state index is 13.3. The zero-order chi connectivity index (χ0) is 22.0. The fourth-order valence-electron chi connectivity index (χ4n) is 4.35. The molecule has 1 aliphatic heterocycles. The van der Waals surface area contributed by atoms with Crippen LogP contribution in [0.15, 0.2) is 42.9 Å². The van der Waals surface area contributed by atoms with Crippen molar-refractivity contribution in [3.05, 3.63) is 59.7 Å². The Bertz CT molecular complexity index is 1090. The fraction of sp³-hybridized carbons (Fsp3) is 0.375. The van der Waals surface area contributed by atoms with Crippen LogP contribution in [-0.4, -0.2) is 46.3 Å². The molecule has 1 atom stereocenters. The molecule has 1 saturated heterocycles. The minimum Gasteiger partial charge on any atom is -0.493 e. The van der Waals surface area contributed by atoms with Gasteiger partial charge < -0.3 is 14.4 Å². The second-order valence-electron chi connectivity index (χ2n) is 7.90. The summed E-state index contributed by atoms with van der Waals surface area (Å²) in [5.41, 5.74) is 5.13. The third-order valence-electron chi connectivity index (χ3n) is 5.86. The molecule has 1 amide bonds. The summed E-state index contributed by atoms with van der Waals surface area (Å²) in [6.45, 7) is 2.79. The van der Waals surface area contributed by atoms with E-state index in [1.54, 1.807) is 20.4 Å². The first-order valence-electron chi connectivity index (χ1n) is 10.5. The van der Waals surface area contributed by atoms with E-state index < -0.39 is 0 Å². The number of ether oxygens (including phenoxy) is 2. The Balaban J connectivity index is 1.61. The Morgan fingerprint density at radius 3 is 2.71 bits per heavy atom. The fourth-order valence-corrected chi connectivity index (χ4v) is 4.35. The van der Waals surface area contributed by atoms with Gasteiger partial charge in [0, 0.05) is 37.7 Å². The highest BCUT2D eigenvalue weighted by Gasteiger charge is 2.33. The van der Waals surface area contributed by atoms with Crippen LogP contribution < -0.4 is 9.47 Å². The highest BCUT2D eigenvalue weighted by atomic mass is 16.5. The van der Waals surface area contributed by atoms with Crippen molar-refractivity contribution in [1.29, 1.82) is 0 Å². The molecule has 7 nitrogen and oxygen atoms in total. The van der Waals surface area contributed by atoms with Crippen LogP contribution in [0.2, 0.25) is 0 Å². The largest absolute Gasteiger partial charge is 0.493 e. The van der Waals surface area contributed by atoms with Gasteiger partial charge in [0.25, 0.3) is 0 Å². The lowest BCUT2D eigenvalue weighted by atomic mass is 9.98. The lowest BCUT2D eigenvalue weighted by Crippen LogP contribution is -2.32. The van der Waals surface area contributed by atoms with E-state index in [1.165, 1.54) is 0 Å². The van der Waals surface area contributed by atoms with Gasteiger partial charge in [-0.25, -0.2) is 0 Å². The first-order valence-corrected chi connectivity index (χ1v) is 10.5. The number of aryl methyl sites for hydroxylation is 2. The smallest absolute Gasteiger partial charge is 0.227 e. The van der Waals surface area contributed by atoms with E-state index in [0.29, 0.717) is 17.9 Å². The predicted molar refractivity (Wildman–Crippen MR) is 118 cm³/mol. The second-order valence-corrected chi connectivity index (χ2v) is 7.90. The van der Waals surface area contributed by atoms with E-state index in [-0.39, 0.29) is 11.9 Å². The number of likely N-dealkylation sites (tertiary alicyclic amines) is 1. The molecular weight excluding hydrogens is 392 g/mol. The molecule has 2 aromatic heterocycles. The number of benzene rings is 1. The average molecular weight is 421 g/mol. The second kappa shape index (κ2) is 8.79. The Morgan fingerprint density at radius 1 is 1.16 bits per heavy atom. The first kappa shape index (κ1) is 20.9. The van der Waals surface area contributed by atoms with E-state index in [2.05, 4.69) is 4.98 Å². The number of rotatable bonds is 6. The molecule has 1 aromatic carbocycles. The van der Waals surface area contributed by atoms with Crippen molar-refractivity contribution in [3.63, 3.8) is 0 Å².